The van der Waals surface area contributed by atoms with Crippen LogP contribution in [0.3, 0.4) is 0 Å². The van der Waals surface area contributed by atoms with E-state index in [0.717, 1.165) is 29.5 Å². The molecule has 0 aromatic carbocycles. The minimum atomic E-state index is -1.27. The van der Waals surface area contributed by atoms with Crippen LogP contribution in [0.5, 0.6) is 0 Å². The topological polar surface area (TPSA) is 88.6 Å². The van der Waals surface area contributed by atoms with Crippen molar-refractivity contribution in [2.75, 3.05) is 13.1 Å². The van der Waals surface area contributed by atoms with Gasteiger partial charge in [0.1, 0.15) is 11.8 Å². The molecular formula is C18H19N3O3. The first kappa shape index (κ1) is 13.4. The number of hydrogen-bond donors (Lipinski definition) is 4. The maximum atomic E-state index is 13.0. The highest BCUT2D eigenvalue weighted by Crippen LogP contribution is 2.62. The molecule has 4 atom stereocenters. The first-order chi connectivity index (χ1) is 11.6. The number of aromatic nitrogens is 1. The summed E-state index contributed by atoms with van der Waals surface area (Å²) in [6.45, 7) is 1.38. The summed E-state index contributed by atoms with van der Waals surface area (Å²) in [5.74, 6) is 0.0355. The molecule has 2 aliphatic carbocycles. The van der Waals surface area contributed by atoms with E-state index < -0.39 is 11.8 Å². The number of hydrogen-bond acceptors (Lipinski definition) is 5. The summed E-state index contributed by atoms with van der Waals surface area (Å²) < 4.78 is 0. The third-order valence-electron chi connectivity index (χ3n) is 6.76. The number of carbonyl (C=O) groups excluding carboxylic acids is 1. The predicted octanol–water partition coefficient (Wildman–Crippen LogP) is 0.367. The van der Waals surface area contributed by atoms with Crippen LogP contribution >= 0.6 is 0 Å². The van der Waals surface area contributed by atoms with Gasteiger partial charge in [0.2, 0.25) is 5.78 Å². The molecule has 24 heavy (non-hydrogen) atoms. The number of nitrogens with one attached hydrogen (secondary N) is 2. The molecule has 124 valence electrons. The second-order valence-electron chi connectivity index (χ2n) is 7.76. The number of H-pyrrole nitrogens is 1. The fourth-order valence-corrected chi connectivity index (χ4v) is 5.74. The summed E-state index contributed by atoms with van der Waals surface area (Å²) >= 11 is 0. The van der Waals surface area contributed by atoms with Gasteiger partial charge in [-0.05, 0) is 24.0 Å². The highest BCUT2D eigenvalue weighted by molar-refractivity contribution is 6.11. The number of aliphatic hydroxyl groups is 2. The number of fused-ring (bicyclic) bond motifs is 2. The molecule has 0 radical (unpaired) electrons. The fraction of sp³-hybridized carbons (Fsp3) is 0.500. The zero-order chi connectivity index (χ0) is 16.3. The Morgan fingerprint density at radius 2 is 2.25 bits per heavy atom. The van der Waals surface area contributed by atoms with Gasteiger partial charge in [0.15, 0.2) is 0 Å². The van der Waals surface area contributed by atoms with Crippen LogP contribution in [0.4, 0.5) is 0 Å². The highest BCUT2D eigenvalue weighted by atomic mass is 16.4. The second kappa shape index (κ2) is 3.85. The number of rotatable bonds is 0. The van der Waals surface area contributed by atoms with Crippen LogP contribution in [0.25, 0.3) is 0 Å². The Kier molecular flexibility index (Phi) is 2.15. The molecule has 1 spiro atoms. The van der Waals surface area contributed by atoms with Crippen LogP contribution < -0.4 is 5.32 Å². The lowest BCUT2D eigenvalue weighted by Gasteiger charge is -2.62. The van der Waals surface area contributed by atoms with Crippen molar-refractivity contribution in [1.29, 1.82) is 0 Å². The van der Waals surface area contributed by atoms with E-state index in [9.17, 15) is 15.0 Å². The van der Waals surface area contributed by atoms with Crippen molar-refractivity contribution < 1.29 is 15.0 Å². The summed E-state index contributed by atoms with van der Waals surface area (Å²) in [5.41, 5.74) is 3.01. The Morgan fingerprint density at radius 1 is 1.38 bits per heavy atom. The molecule has 4 N–H and O–H groups in total. The summed E-state index contributed by atoms with van der Waals surface area (Å²) in [5, 5.41) is 25.3. The normalized spacial score (nSPS) is 42.0. The quantitative estimate of drug-likeness (QED) is 0.518. The Labute approximate surface area is 138 Å². The van der Waals surface area contributed by atoms with E-state index in [1.165, 1.54) is 0 Å². The molecule has 1 aromatic heterocycles. The molecule has 6 rings (SSSR count). The predicted molar refractivity (Wildman–Crippen MR) is 85.1 cm³/mol. The fourth-order valence-electron chi connectivity index (χ4n) is 5.74. The summed E-state index contributed by atoms with van der Waals surface area (Å²) in [7, 11) is 0. The SMILES string of the molecule is O=C1C2=C3C4c5c(c[nH]c51)CCN4[C@@]1(O)C[C@@]3(C=C[C@H]1O)CCN2. The molecule has 1 aromatic rings. The molecule has 1 fully saturated rings. The second-order valence-corrected chi connectivity index (χ2v) is 7.76. The van der Waals surface area contributed by atoms with Crippen LogP contribution in [0.1, 0.15) is 40.5 Å². The van der Waals surface area contributed by atoms with Crippen LogP contribution in [0.15, 0.2) is 29.6 Å². The van der Waals surface area contributed by atoms with Gasteiger partial charge >= 0.3 is 0 Å². The van der Waals surface area contributed by atoms with E-state index in [-0.39, 0.29) is 17.2 Å². The smallest absolute Gasteiger partial charge is 0.225 e. The third kappa shape index (κ3) is 1.24. The number of aromatic amines is 1. The lowest BCUT2D eigenvalue weighted by Crippen LogP contribution is -2.68. The lowest BCUT2D eigenvalue weighted by molar-refractivity contribution is -0.217. The highest BCUT2D eigenvalue weighted by Gasteiger charge is 2.63. The van der Waals surface area contributed by atoms with E-state index >= 15 is 0 Å². The van der Waals surface area contributed by atoms with Gasteiger partial charge in [-0.3, -0.25) is 9.69 Å². The maximum absolute atomic E-state index is 13.0. The third-order valence-corrected chi connectivity index (χ3v) is 6.76. The Bertz CT molecular complexity index is 869. The number of ketones is 1. The molecule has 3 aliphatic heterocycles. The number of allylic oxidation sites excluding steroid dienone is 2. The van der Waals surface area contributed by atoms with E-state index in [2.05, 4.69) is 10.3 Å². The minimum Gasteiger partial charge on any atom is -0.385 e. The Hall–Kier alpha value is -1.89. The van der Waals surface area contributed by atoms with Crippen LogP contribution in [-0.4, -0.2) is 50.8 Å². The first-order valence-electron chi connectivity index (χ1n) is 8.65. The maximum Gasteiger partial charge on any atom is 0.225 e. The van der Waals surface area contributed by atoms with Crippen molar-refractivity contribution in [2.24, 2.45) is 5.41 Å². The van der Waals surface area contributed by atoms with Crippen molar-refractivity contribution in [3.8, 4) is 0 Å². The van der Waals surface area contributed by atoms with Gasteiger partial charge in [0, 0.05) is 36.7 Å². The molecule has 1 unspecified atom stereocenters. The zero-order valence-corrected chi connectivity index (χ0v) is 13.2. The van der Waals surface area contributed by atoms with Crippen molar-refractivity contribution in [2.45, 2.75) is 37.1 Å². The van der Waals surface area contributed by atoms with Gasteiger partial charge in [0.05, 0.1) is 17.4 Å². The minimum absolute atomic E-state index is 0.0355. The van der Waals surface area contributed by atoms with Crippen molar-refractivity contribution in [3.05, 3.63) is 46.4 Å². The zero-order valence-electron chi connectivity index (χ0n) is 13.2. The summed E-state index contributed by atoms with van der Waals surface area (Å²) in [6, 6.07) is -0.131. The average molecular weight is 325 g/mol. The van der Waals surface area contributed by atoms with Crippen LogP contribution in [0, 0.1) is 5.41 Å². The molecule has 4 heterocycles. The molecule has 1 saturated heterocycles. The number of piperidine rings is 1. The van der Waals surface area contributed by atoms with E-state index in [0.29, 0.717) is 30.9 Å². The van der Waals surface area contributed by atoms with Gasteiger partial charge in [-0.15, -0.1) is 0 Å². The van der Waals surface area contributed by atoms with Crippen molar-refractivity contribution in [1.82, 2.24) is 15.2 Å². The average Bonchev–Trinajstić information content (AvgIpc) is 3.01. The van der Waals surface area contributed by atoms with Crippen molar-refractivity contribution >= 4 is 5.78 Å². The van der Waals surface area contributed by atoms with Gasteiger partial charge in [-0.1, -0.05) is 12.2 Å². The van der Waals surface area contributed by atoms with E-state index in [4.69, 9.17) is 0 Å². The number of aliphatic hydroxyl groups excluding tert-OH is 1. The Morgan fingerprint density at radius 3 is 3.12 bits per heavy atom. The monoisotopic (exact) mass is 325 g/mol. The molecule has 0 saturated carbocycles. The number of nitrogens with zero attached hydrogens (tertiary/aromatic N) is 1. The summed E-state index contributed by atoms with van der Waals surface area (Å²) in [4.78, 5) is 18.2. The van der Waals surface area contributed by atoms with Gasteiger partial charge in [-0.25, -0.2) is 0 Å². The van der Waals surface area contributed by atoms with Gasteiger partial charge in [-0.2, -0.15) is 0 Å². The molecule has 6 nitrogen and oxygen atoms in total. The summed E-state index contributed by atoms with van der Waals surface area (Å²) in [6.07, 6.45) is 6.87. The molecule has 2 bridgehead atoms. The lowest BCUT2D eigenvalue weighted by atomic mass is 9.56. The standard InChI is InChI=1S/C18H19N3O3/c22-10-1-3-17-4-5-19-14-12(17)15-11-9(7-20-13(11)16(14)23)2-6-21(15)18(10,24)8-17/h1,3,7,10,15,19-20,22,24H,2,4-6,8H2/t10-,15?,17-,18-/m1/s1. The van der Waals surface area contributed by atoms with E-state index in [1.807, 2.05) is 17.2 Å². The van der Waals surface area contributed by atoms with Gasteiger partial charge in [0.25, 0.3) is 0 Å². The molecule has 0 amide bonds. The van der Waals surface area contributed by atoms with Crippen LogP contribution in [-0.2, 0) is 6.42 Å². The number of carbonyl (C=O) groups is 1. The largest absolute Gasteiger partial charge is 0.385 e. The number of Topliss-reactive ketones (excluding diaryl/α,β-unsaturated/α-hetero) is 1. The van der Waals surface area contributed by atoms with Gasteiger partial charge < -0.3 is 20.5 Å². The van der Waals surface area contributed by atoms with Crippen molar-refractivity contribution in [3.63, 3.8) is 0 Å². The molecule has 5 aliphatic rings. The Balaban J connectivity index is 1.73. The first-order valence-corrected chi connectivity index (χ1v) is 8.65. The molecule has 6 heteroatoms. The van der Waals surface area contributed by atoms with Crippen LogP contribution in [0.2, 0.25) is 0 Å². The molecular weight excluding hydrogens is 306 g/mol. The van der Waals surface area contributed by atoms with E-state index in [1.54, 1.807) is 6.08 Å².